The fourth-order valence-corrected chi connectivity index (χ4v) is 7.08. The van der Waals surface area contributed by atoms with Crippen LogP contribution in [0.4, 0.5) is 0 Å². The number of carbonyl (C=O) groups excluding carboxylic acids is 1. The molecule has 0 heterocycles. The van der Waals surface area contributed by atoms with Gasteiger partial charge in [-0.3, -0.25) is 4.79 Å². The summed E-state index contributed by atoms with van der Waals surface area (Å²) in [6.45, 7) is 4.04. The maximum atomic E-state index is 12.4. The Morgan fingerprint density at radius 1 is 0.464 bits per heavy atom. The minimum Gasteiger partial charge on any atom is -0.394 e. The van der Waals surface area contributed by atoms with Crippen LogP contribution in [0.1, 0.15) is 232 Å². The molecule has 326 valence electrons. The van der Waals surface area contributed by atoms with Gasteiger partial charge in [0, 0.05) is 0 Å². The van der Waals surface area contributed by atoms with Gasteiger partial charge in [-0.1, -0.05) is 222 Å². The number of carbonyl (C=O) groups is 1. The molecule has 1 amide bonds. The Labute approximate surface area is 348 Å². The maximum Gasteiger partial charge on any atom is 0.249 e. The summed E-state index contributed by atoms with van der Waals surface area (Å²) in [4.78, 5) is 12.4. The first-order valence-corrected chi connectivity index (χ1v) is 24.1. The van der Waals surface area contributed by atoms with Crippen LogP contribution in [0.2, 0.25) is 0 Å². The van der Waals surface area contributed by atoms with Gasteiger partial charge in [-0.2, -0.15) is 0 Å². The van der Waals surface area contributed by atoms with Crippen LogP contribution in [0.25, 0.3) is 0 Å². The zero-order valence-corrected chi connectivity index (χ0v) is 37.0. The summed E-state index contributed by atoms with van der Waals surface area (Å²) in [6.07, 6.45) is 61.5. The van der Waals surface area contributed by atoms with E-state index in [0.717, 1.165) is 57.8 Å². The van der Waals surface area contributed by atoms with Gasteiger partial charge in [-0.15, -0.1) is 0 Å². The van der Waals surface area contributed by atoms with Crippen LogP contribution in [0.3, 0.4) is 0 Å². The highest BCUT2D eigenvalue weighted by Gasteiger charge is 2.22. The summed E-state index contributed by atoms with van der Waals surface area (Å²) in [5.74, 6) is -0.520. The van der Waals surface area contributed by atoms with Gasteiger partial charge in [0.2, 0.25) is 5.91 Å². The molecule has 4 N–H and O–H groups in total. The average molecular weight is 784 g/mol. The number of aliphatic hydroxyl groups excluding tert-OH is 3. The molecule has 0 bridgehead atoms. The number of nitrogens with one attached hydrogen (secondary N) is 1. The number of rotatable bonds is 43. The number of allylic oxidation sites excluding steroid dienone is 9. The van der Waals surface area contributed by atoms with E-state index in [9.17, 15) is 20.1 Å². The first-order valence-electron chi connectivity index (χ1n) is 24.1. The highest BCUT2D eigenvalue weighted by molar-refractivity contribution is 5.80. The molecular weight excluding hydrogens is 691 g/mol. The standard InChI is InChI=1S/C51H93NO4/c1-3-5-7-9-11-13-15-16-17-18-19-20-21-22-23-24-25-26-27-28-29-30-31-32-33-34-35-36-38-40-42-44-46-50(55)51(56)52-48(47-53)49(54)45-43-41-39-37-14-12-10-8-6-4-2/h6,8,14,19-20,22-23,37,43,45,48-50,53-55H,3-5,7,9-13,15-18,21,24-36,38-42,44,46-47H2,1-2H3,(H,52,56)/b8-6+,20-19-,23-22-,37-14+,45-43+. The molecule has 0 aliphatic rings. The third-order valence-electron chi connectivity index (χ3n) is 10.8. The smallest absolute Gasteiger partial charge is 0.249 e. The largest absolute Gasteiger partial charge is 0.394 e. The second-order valence-electron chi connectivity index (χ2n) is 16.3. The van der Waals surface area contributed by atoms with Gasteiger partial charge in [0.25, 0.3) is 0 Å². The fourth-order valence-electron chi connectivity index (χ4n) is 7.08. The Morgan fingerprint density at radius 3 is 1.27 bits per heavy atom. The lowest BCUT2D eigenvalue weighted by Gasteiger charge is -2.21. The summed E-state index contributed by atoms with van der Waals surface area (Å²) < 4.78 is 0. The van der Waals surface area contributed by atoms with Crippen LogP contribution < -0.4 is 5.32 Å². The van der Waals surface area contributed by atoms with Crippen LogP contribution in [-0.2, 0) is 4.79 Å². The zero-order valence-electron chi connectivity index (χ0n) is 37.0. The Balaban J connectivity index is 3.54. The first kappa shape index (κ1) is 54.0. The highest BCUT2D eigenvalue weighted by atomic mass is 16.3. The SMILES string of the molecule is CC/C=C/CC/C=C/CC/C=C/C(O)C(CO)NC(=O)C(O)CCCCCCCCCCCCCCCCCC/C=C\C/C=C\CCCCCCCCCCC. The van der Waals surface area contributed by atoms with Crippen molar-refractivity contribution in [1.29, 1.82) is 0 Å². The van der Waals surface area contributed by atoms with E-state index in [-0.39, 0.29) is 6.61 Å². The molecule has 0 saturated heterocycles. The third-order valence-corrected chi connectivity index (χ3v) is 10.8. The molecule has 0 aromatic rings. The molecule has 5 heteroatoms. The van der Waals surface area contributed by atoms with Crippen LogP contribution in [0, 0.1) is 0 Å². The van der Waals surface area contributed by atoms with Crippen molar-refractivity contribution in [1.82, 2.24) is 5.32 Å². The van der Waals surface area contributed by atoms with Crippen LogP contribution in [0.5, 0.6) is 0 Å². The highest BCUT2D eigenvalue weighted by Crippen LogP contribution is 2.16. The van der Waals surface area contributed by atoms with Crippen LogP contribution in [-0.4, -0.2) is 46.1 Å². The molecule has 3 atom stereocenters. The van der Waals surface area contributed by atoms with Crippen molar-refractivity contribution in [3.8, 4) is 0 Å². The topological polar surface area (TPSA) is 89.8 Å². The van der Waals surface area contributed by atoms with Gasteiger partial charge >= 0.3 is 0 Å². The Bertz CT molecular complexity index is 954. The van der Waals surface area contributed by atoms with Crippen LogP contribution >= 0.6 is 0 Å². The van der Waals surface area contributed by atoms with E-state index in [1.165, 1.54) is 154 Å². The summed E-state index contributed by atoms with van der Waals surface area (Å²) in [5, 5.41) is 33.0. The number of aliphatic hydroxyl groups is 3. The van der Waals surface area contributed by atoms with Gasteiger partial charge < -0.3 is 20.6 Å². The van der Waals surface area contributed by atoms with Crippen molar-refractivity contribution in [3.63, 3.8) is 0 Å². The van der Waals surface area contributed by atoms with Crippen molar-refractivity contribution < 1.29 is 20.1 Å². The third kappa shape index (κ3) is 40.3. The molecule has 0 aromatic heterocycles. The summed E-state index contributed by atoms with van der Waals surface area (Å²) >= 11 is 0. The predicted octanol–water partition coefficient (Wildman–Crippen LogP) is 14.3. The monoisotopic (exact) mass is 784 g/mol. The van der Waals surface area contributed by atoms with Crippen LogP contribution in [0.15, 0.2) is 60.8 Å². The molecule has 0 radical (unpaired) electrons. The molecule has 3 unspecified atom stereocenters. The van der Waals surface area contributed by atoms with E-state index in [2.05, 4.69) is 67.8 Å². The van der Waals surface area contributed by atoms with Gasteiger partial charge in [0.05, 0.1) is 18.8 Å². The number of hydrogen-bond donors (Lipinski definition) is 4. The molecule has 0 aromatic carbocycles. The molecular formula is C51H93NO4. The van der Waals surface area contributed by atoms with Gasteiger partial charge in [-0.25, -0.2) is 0 Å². The summed E-state index contributed by atoms with van der Waals surface area (Å²) in [7, 11) is 0. The summed E-state index contributed by atoms with van der Waals surface area (Å²) in [6, 6.07) is -0.820. The second-order valence-corrected chi connectivity index (χ2v) is 16.3. The van der Waals surface area contributed by atoms with E-state index in [1.807, 2.05) is 6.08 Å². The molecule has 0 aliphatic carbocycles. The zero-order chi connectivity index (χ0) is 40.8. The quantitative estimate of drug-likeness (QED) is 0.0366. The summed E-state index contributed by atoms with van der Waals surface area (Å²) in [5.41, 5.74) is 0. The van der Waals surface area contributed by atoms with Gasteiger partial charge in [0.1, 0.15) is 6.10 Å². The number of hydrogen-bond acceptors (Lipinski definition) is 4. The number of amides is 1. The van der Waals surface area contributed by atoms with Gasteiger partial charge in [-0.05, 0) is 70.6 Å². The maximum absolute atomic E-state index is 12.4. The molecule has 56 heavy (non-hydrogen) atoms. The fraction of sp³-hybridized carbons (Fsp3) is 0.784. The minimum absolute atomic E-state index is 0.383. The number of unbranched alkanes of at least 4 members (excludes halogenated alkanes) is 27. The van der Waals surface area contributed by atoms with E-state index in [0.29, 0.717) is 6.42 Å². The average Bonchev–Trinajstić information content (AvgIpc) is 3.20. The van der Waals surface area contributed by atoms with Crippen molar-refractivity contribution >= 4 is 5.91 Å². The van der Waals surface area contributed by atoms with E-state index in [4.69, 9.17) is 0 Å². The molecule has 0 saturated carbocycles. The Morgan fingerprint density at radius 2 is 0.839 bits per heavy atom. The van der Waals surface area contributed by atoms with Crippen molar-refractivity contribution in [2.45, 2.75) is 250 Å². The lowest BCUT2D eigenvalue weighted by Crippen LogP contribution is -2.48. The lowest BCUT2D eigenvalue weighted by molar-refractivity contribution is -0.131. The van der Waals surface area contributed by atoms with Gasteiger partial charge in [0.15, 0.2) is 0 Å². The van der Waals surface area contributed by atoms with Crippen molar-refractivity contribution in [2.24, 2.45) is 0 Å². The molecule has 5 nitrogen and oxygen atoms in total. The molecule has 0 spiro atoms. The second kappa shape index (κ2) is 45.7. The van der Waals surface area contributed by atoms with E-state index in [1.54, 1.807) is 6.08 Å². The lowest BCUT2D eigenvalue weighted by atomic mass is 10.0. The van der Waals surface area contributed by atoms with E-state index >= 15 is 0 Å². The van der Waals surface area contributed by atoms with Crippen molar-refractivity contribution in [2.75, 3.05) is 6.61 Å². The Hall–Kier alpha value is -1.95. The van der Waals surface area contributed by atoms with Crippen molar-refractivity contribution in [3.05, 3.63) is 60.8 Å². The minimum atomic E-state index is -1.11. The molecule has 0 aliphatic heterocycles. The Kier molecular flexibility index (Phi) is 44.2. The predicted molar refractivity (Wildman–Crippen MR) is 245 cm³/mol. The normalized spacial score (nSPS) is 14.0. The van der Waals surface area contributed by atoms with E-state index < -0.39 is 24.2 Å². The first-order chi connectivity index (χ1) is 27.6. The molecule has 0 fully saturated rings. The molecule has 0 rings (SSSR count).